The van der Waals surface area contributed by atoms with Gasteiger partial charge in [0.1, 0.15) is 17.5 Å². The van der Waals surface area contributed by atoms with Crippen molar-refractivity contribution in [3.63, 3.8) is 0 Å². The summed E-state index contributed by atoms with van der Waals surface area (Å²) in [4.78, 5) is 0. The zero-order valence-electron chi connectivity index (χ0n) is 9.82. The van der Waals surface area contributed by atoms with Gasteiger partial charge in [0.05, 0.1) is 0 Å². The summed E-state index contributed by atoms with van der Waals surface area (Å²) in [6.45, 7) is 0. The molecule has 1 aliphatic carbocycles. The average Bonchev–Trinajstić information content (AvgIpc) is 2.37. The van der Waals surface area contributed by atoms with Gasteiger partial charge in [-0.1, -0.05) is 48.6 Å². The minimum atomic E-state index is -1.42. The third-order valence-electron chi connectivity index (χ3n) is 2.83. The molecule has 0 saturated heterocycles. The molecule has 0 saturated carbocycles. The molecule has 4 nitrogen and oxygen atoms in total. The lowest BCUT2D eigenvalue weighted by Gasteiger charge is -2.30. The highest BCUT2D eigenvalue weighted by atomic mass is 16.3. The number of benzene rings is 1. The first-order chi connectivity index (χ1) is 8.50. The largest absolute Gasteiger partial charge is 0.509 e. The van der Waals surface area contributed by atoms with E-state index < -0.39 is 11.8 Å². The Morgan fingerprint density at radius 3 is 2.44 bits per heavy atom. The summed E-state index contributed by atoms with van der Waals surface area (Å²) in [5, 5.41) is 19.5. The second kappa shape index (κ2) is 4.78. The van der Waals surface area contributed by atoms with Gasteiger partial charge < -0.3 is 21.7 Å². The van der Waals surface area contributed by atoms with Crippen LogP contribution < -0.4 is 11.5 Å². The molecule has 0 radical (unpaired) electrons. The highest BCUT2D eigenvalue weighted by Gasteiger charge is 2.33. The smallest absolute Gasteiger partial charge is 0.146 e. The van der Waals surface area contributed by atoms with Crippen LogP contribution in [-0.2, 0) is 0 Å². The van der Waals surface area contributed by atoms with Gasteiger partial charge in [-0.25, -0.2) is 0 Å². The van der Waals surface area contributed by atoms with E-state index in [0.717, 1.165) is 5.56 Å². The molecular formula is C14H16N2O2. The topological polar surface area (TPSA) is 92.5 Å². The Hall–Kier alpha value is -1.88. The highest BCUT2D eigenvalue weighted by Crippen LogP contribution is 2.22. The van der Waals surface area contributed by atoms with Crippen molar-refractivity contribution in [2.24, 2.45) is 11.5 Å². The van der Waals surface area contributed by atoms with Crippen LogP contribution in [0.5, 0.6) is 0 Å². The van der Waals surface area contributed by atoms with E-state index in [0.29, 0.717) is 5.57 Å². The van der Waals surface area contributed by atoms with Gasteiger partial charge in [0.2, 0.25) is 0 Å². The summed E-state index contributed by atoms with van der Waals surface area (Å²) in [5.41, 5.74) is 11.3. The Bertz CT molecular complexity index is 516. The lowest BCUT2D eigenvalue weighted by atomic mass is 9.93. The number of nitrogens with two attached hydrogens (primary N) is 2. The molecule has 0 amide bonds. The maximum atomic E-state index is 9.82. The second-order valence-corrected chi connectivity index (χ2v) is 4.32. The van der Waals surface area contributed by atoms with Crippen LogP contribution in [0.4, 0.5) is 0 Å². The minimum Gasteiger partial charge on any atom is -0.509 e. The fourth-order valence-corrected chi connectivity index (χ4v) is 1.70. The molecule has 0 fully saturated rings. The fourth-order valence-electron chi connectivity index (χ4n) is 1.70. The Balaban J connectivity index is 2.23. The van der Waals surface area contributed by atoms with Crippen molar-refractivity contribution in [3.05, 3.63) is 65.5 Å². The minimum absolute atomic E-state index is 0.213. The zero-order chi connectivity index (χ0) is 13.2. The maximum Gasteiger partial charge on any atom is 0.146 e. The Morgan fingerprint density at radius 1 is 1.11 bits per heavy atom. The molecule has 4 heteroatoms. The van der Waals surface area contributed by atoms with Crippen LogP contribution in [-0.4, -0.2) is 22.0 Å². The van der Waals surface area contributed by atoms with Crippen LogP contribution in [0, 0.1) is 0 Å². The molecule has 0 aromatic heterocycles. The Labute approximate surface area is 106 Å². The van der Waals surface area contributed by atoms with E-state index in [-0.39, 0.29) is 5.76 Å². The molecular weight excluding hydrogens is 228 g/mol. The Morgan fingerprint density at radius 2 is 1.78 bits per heavy atom. The first kappa shape index (κ1) is 12.6. The van der Waals surface area contributed by atoms with Crippen molar-refractivity contribution in [3.8, 4) is 0 Å². The molecule has 0 heterocycles. The molecule has 1 unspecified atom stereocenters. The van der Waals surface area contributed by atoms with Crippen molar-refractivity contribution in [1.82, 2.24) is 0 Å². The summed E-state index contributed by atoms with van der Waals surface area (Å²) >= 11 is 0. The quantitative estimate of drug-likeness (QED) is 0.585. The molecule has 0 spiro atoms. The molecule has 18 heavy (non-hydrogen) atoms. The lowest BCUT2D eigenvalue weighted by Crippen LogP contribution is -2.59. The van der Waals surface area contributed by atoms with Gasteiger partial charge in [-0.05, 0) is 11.6 Å². The highest BCUT2D eigenvalue weighted by molar-refractivity contribution is 5.56. The molecule has 2 rings (SSSR count). The number of aliphatic hydroxyl groups is 2. The molecule has 1 aliphatic rings. The number of allylic oxidation sites excluding steroid dienone is 3. The van der Waals surface area contributed by atoms with Crippen molar-refractivity contribution in [2.45, 2.75) is 11.8 Å². The van der Waals surface area contributed by atoms with Crippen molar-refractivity contribution < 1.29 is 10.2 Å². The second-order valence-electron chi connectivity index (χ2n) is 4.32. The monoisotopic (exact) mass is 244 g/mol. The van der Waals surface area contributed by atoms with Crippen LogP contribution in [0.3, 0.4) is 0 Å². The molecule has 94 valence electrons. The first-order valence-electron chi connectivity index (χ1n) is 5.62. The third kappa shape index (κ3) is 2.51. The van der Waals surface area contributed by atoms with E-state index >= 15 is 0 Å². The standard InChI is InChI=1S/C14H16N2O2/c15-14(16)9-8-11(12(17)13(14)18)7-6-10-4-2-1-3-5-10/h1-9,13,17-18H,15-16H2. The van der Waals surface area contributed by atoms with E-state index in [2.05, 4.69) is 0 Å². The van der Waals surface area contributed by atoms with Crippen LogP contribution in [0.15, 0.2) is 59.9 Å². The molecule has 6 N–H and O–H groups in total. The van der Waals surface area contributed by atoms with Gasteiger partial charge in [0.15, 0.2) is 0 Å². The maximum absolute atomic E-state index is 9.82. The molecule has 1 aromatic rings. The lowest BCUT2D eigenvalue weighted by molar-refractivity contribution is 0.0968. The van der Waals surface area contributed by atoms with E-state index in [1.165, 1.54) is 6.08 Å². The zero-order valence-corrected chi connectivity index (χ0v) is 9.82. The Kier molecular flexibility index (Phi) is 3.34. The molecule has 1 aromatic carbocycles. The van der Waals surface area contributed by atoms with Gasteiger partial charge in [0, 0.05) is 5.57 Å². The van der Waals surface area contributed by atoms with Gasteiger partial charge >= 0.3 is 0 Å². The van der Waals surface area contributed by atoms with E-state index in [4.69, 9.17) is 11.5 Å². The van der Waals surface area contributed by atoms with Crippen LogP contribution >= 0.6 is 0 Å². The van der Waals surface area contributed by atoms with Crippen molar-refractivity contribution in [1.29, 1.82) is 0 Å². The molecule has 0 bridgehead atoms. The van der Waals surface area contributed by atoms with Crippen LogP contribution in [0.25, 0.3) is 6.08 Å². The SMILES string of the molecule is NC1(N)C=CC(C=Cc2ccccc2)=C(O)C1O. The van der Waals surface area contributed by atoms with Crippen molar-refractivity contribution >= 4 is 6.08 Å². The van der Waals surface area contributed by atoms with E-state index in [1.54, 1.807) is 12.2 Å². The summed E-state index contributed by atoms with van der Waals surface area (Å²) in [7, 11) is 0. The average molecular weight is 244 g/mol. The third-order valence-corrected chi connectivity index (χ3v) is 2.83. The van der Waals surface area contributed by atoms with Gasteiger partial charge in [-0.2, -0.15) is 0 Å². The first-order valence-corrected chi connectivity index (χ1v) is 5.62. The summed E-state index contributed by atoms with van der Waals surface area (Å²) in [6.07, 6.45) is 5.32. The number of hydrogen-bond donors (Lipinski definition) is 4. The summed E-state index contributed by atoms with van der Waals surface area (Å²) in [6, 6.07) is 9.64. The molecule has 1 atom stereocenters. The van der Waals surface area contributed by atoms with Gasteiger partial charge in [-0.15, -0.1) is 0 Å². The summed E-state index contributed by atoms with van der Waals surface area (Å²) < 4.78 is 0. The van der Waals surface area contributed by atoms with Gasteiger partial charge in [-0.3, -0.25) is 0 Å². The van der Waals surface area contributed by atoms with Crippen LogP contribution in [0.2, 0.25) is 0 Å². The van der Waals surface area contributed by atoms with Gasteiger partial charge in [0.25, 0.3) is 0 Å². The summed E-state index contributed by atoms with van der Waals surface area (Å²) in [5.74, 6) is -0.213. The normalized spacial score (nSPS) is 22.7. The van der Waals surface area contributed by atoms with Crippen molar-refractivity contribution in [2.75, 3.05) is 0 Å². The van der Waals surface area contributed by atoms with Crippen LogP contribution in [0.1, 0.15) is 5.56 Å². The number of rotatable bonds is 2. The molecule has 0 aliphatic heterocycles. The number of hydrogen-bond acceptors (Lipinski definition) is 4. The fraction of sp³-hybridized carbons (Fsp3) is 0.143. The predicted molar refractivity (Wildman–Crippen MR) is 71.4 cm³/mol. The van der Waals surface area contributed by atoms with E-state index in [9.17, 15) is 10.2 Å². The number of aliphatic hydroxyl groups excluding tert-OH is 2. The van der Waals surface area contributed by atoms with E-state index in [1.807, 2.05) is 36.4 Å². The predicted octanol–water partition coefficient (Wildman–Crippen LogP) is 1.06.